The van der Waals surface area contributed by atoms with E-state index in [1.165, 1.54) is 0 Å². The van der Waals surface area contributed by atoms with E-state index in [0.29, 0.717) is 11.6 Å². The van der Waals surface area contributed by atoms with Gasteiger partial charge in [0.05, 0.1) is 5.56 Å². The average molecular weight is 175 g/mol. The van der Waals surface area contributed by atoms with Crippen LogP contribution in [0.3, 0.4) is 0 Å². The van der Waals surface area contributed by atoms with Crippen LogP contribution in [0.2, 0.25) is 0 Å². The zero-order valence-electron chi connectivity index (χ0n) is 8.13. The summed E-state index contributed by atoms with van der Waals surface area (Å²) in [5.74, 6) is 0.856. The predicted molar refractivity (Wildman–Crippen MR) is 52.4 cm³/mol. The van der Waals surface area contributed by atoms with Crippen LogP contribution in [0.5, 0.6) is 0 Å². The van der Waals surface area contributed by atoms with Crippen LogP contribution in [0.1, 0.15) is 25.0 Å². The van der Waals surface area contributed by atoms with Crippen molar-refractivity contribution in [3.8, 4) is 6.07 Å². The number of nitriles is 1. The van der Waals surface area contributed by atoms with Crippen molar-refractivity contribution < 1.29 is 0 Å². The lowest BCUT2D eigenvalue weighted by Crippen LogP contribution is -2.12. The molecule has 0 bridgehead atoms. The van der Waals surface area contributed by atoms with Gasteiger partial charge in [0.25, 0.3) is 0 Å². The molecule has 0 radical (unpaired) electrons. The van der Waals surface area contributed by atoms with E-state index in [4.69, 9.17) is 5.26 Å². The Morgan fingerprint density at radius 2 is 2.23 bits per heavy atom. The van der Waals surface area contributed by atoms with Crippen LogP contribution in [0.25, 0.3) is 0 Å². The van der Waals surface area contributed by atoms with E-state index in [-0.39, 0.29) is 0 Å². The van der Waals surface area contributed by atoms with E-state index in [0.717, 1.165) is 11.4 Å². The molecule has 0 aromatic carbocycles. The van der Waals surface area contributed by atoms with Crippen molar-refractivity contribution >= 4 is 5.82 Å². The third kappa shape index (κ3) is 2.45. The summed E-state index contributed by atoms with van der Waals surface area (Å²) in [7, 11) is 0. The lowest BCUT2D eigenvalue weighted by molar-refractivity contribution is 0.885. The summed E-state index contributed by atoms with van der Waals surface area (Å²) < 4.78 is 0. The molecule has 3 nitrogen and oxygen atoms in total. The Labute approximate surface area is 78.4 Å². The summed E-state index contributed by atoms with van der Waals surface area (Å²) in [5, 5.41) is 11.8. The third-order valence-corrected chi connectivity index (χ3v) is 1.63. The van der Waals surface area contributed by atoms with Crippen LogP contribution in [-0.4, -0.2) is 11.0 Å². The molecule has 0 fully saturated rings. The Kier molecular flexibility index (Phi) is 2.86. The van der Waals surface area contributed by atoms with Crippen molar-refractivity contribution in [2.45, 2.75) is 26.8 Å². The number of hydrogen-bond acceptors (Lipinski definition) is 3. The van der Waals surface area contributed by atoms with Gasteiger partial charge >= 0.3 is 0 Å². The number of hydrogen-bond donors (Lipinski definition) is 1. The zero-order chi connectivity index (χ0) is 9.84. The second-order valence-corrected chi connectivity index (χ2v) is 3.30. The predicted octanol–water partition coefficient (Wildman–Crippen LogP) is 2.08. The van der Waals surface area contributed by atoms with Crippen LogP contribution in [-0.2, 0) is 0 Å². The molecule has 1 aromatic heterocycles. The zero-order valence-corrected chi connectivity index (χ0v) is 8.13. The number of aromatic nitrogens is 1. The molecule has 0 saturated carbocycles. The number of pyridine rings is 1. The number of nitrogens with one attached hydrogen (secondary N) is 1. The van der Waals surface area contributed by atoms with Gasteiger partial charge in [-0.05, 0) is 32.4 Å². The highest BCUT2D eigenvalue weighted by Gasteiger charge is 2.01. The molecule has 13 heavy (non-hydrogen) atoms. The van der Waals surface area contributed by atoms with Crippen molar-refractivity contribution in [3.63, 3.8) is 0 Å². The van der Waals surface area contributed by atoms with Crippen molar-refractivity contribution in [2.24, 2.45) is 0 Å². The monoisotopic (exact) mass is 175 g/mol. The quantitative estimate of drug-likeness (QED) is 0.748. The smallest absolute Gasteiger partial charge is 0.129 e. The Morgan fingerprint density at radius 3 is 2.69 bits per heavy atom. The highest BCUT2D eigenvalue weighted by molar-refractivity contribution is 5.47. The first-order valence-corrected chi connectivity index (χ1v) is 4.26. The first kappa shape index (κ1) is 9.53. The van der Waals surface area contributed by atoms with Crippen LogP contribution in [0.4, 0.5) is 5.82 Å². The Bertz CT molecular complexity index is 337. The maximum absolute atomic E-state index is 8.62. The molecule has 0 atom stereocenters. The summed E-state index contributed by atoms with van der Waals surface area (Å²) in [6, 6.07) is 4.25. The highest BCUT2D eigenvalue weighted by atomic mass is 15.0. The molecule has 1 aromatic rings. The van der Waals surface area contributed by atoms with Gasteiger partial charge < -0.3 is 5.32 Å². The fourth-order valence-electron chi connectivity index (χ4n) is 1.06. The summed E-state index contributed by atoms with van der Waals surface area (Å²) in [6.45, 7) is 6.05. The Hall–Kier alpha value is -1.56. The molecule has 3 heteroatoms. The number of rotatable bonds is 2. The Morgan fingerprint density at radius 1 is 1.54 bits per heavy atom. The number of nitrogens with zero attached hydrogens (tertiary/aromatic N) is 2. The minimum absolute atomic E-state index is 0.360. The van der Waals surface area contributed by atoms with Crippen molar-refractivity contribution in [3.05, 3.63) is 23.4 Å². The third-order valence-electron chi connectivity index (χ3n) is 1.63. The molecule has 0 aliphatic heterocycles. The molecule has 68 valence electrons. The first-order chi connectivity index (χ1) is 6.13. The van der Waals surface area contributed by atoms with E-state index in [1.54, 1.807) is 6.20 Å². The molecular weight excluding hydrogens is 162 g/mol. The molecule has 0 unspecified atom stereocenters. The van der Waals surface area contributed by atoms with E-state index < -0.39 is 0 Å². The largest absolute Gasteiger partial charge is 0.368 e. The summed E-state index contributed by atoms with van der Waals surface area (Å²) in [6.07, 6.45) is 1.58. The van der Waals surface area contributed by atoms with Crippen LogP contribution in [0.15, 0.2) is 12.3 Å². The van der Waals surface area contributed by atoms with Gasteiger partial charge in [-0.2, -0.15) is 5.26 Å². The van der Waals surface area contributed by atoms with Gasteiger partial charge in [0.15, 0.2) is 0 Å². The van der Waals surface area contributed by atoms with E-state index in [2.05, 4.69) is 30.2 Å². The van der Waals surface area contributed by atoms with Crippen molar-refractivity contribution in [1.82, 2.24) is 4.98 Å². The lowest BCUT2D eigenvalue weighted by atomic mass is 10.2. The molecule has 1 N–H and O–H groups in total. The van der Waals surface area contributed by atoms with Gasteiger partial charge in [-0.25, -0.2) is 4.98 Å². The Balaban J connectivity index is 2.93. The molecule has 0 aliphatic rings. The summed E-state index contributed by atoms with van der Waals surface area (Å²) in [5.41, 5.74) is 1.61. The molecular formula is C10H13N3. The normalized spacial score (nSPS) is 9.77. The first-order valence-electron chi connectivity index (χ1n) is 4.26. The molecule has 1 rings (SSSR count). The van der Waals surface area contributed by atoms with Gasteiger partial charge in [0.1, 0.15) is 11.9 Å². The average Bonchev–Trinajstić information content (AvgIpc) is 2.08. The molecule has 0 saturated heterocycles. The topological polar surface area (TPSA) is 48.7 Å². The second-order valence-electron chi connectivity index (χ2n) is 3.30. The molecule has 1 heterocycles. The second kappa shape index (κ2) is 3.90. The van der Waals surface area contributed by atoms with Crippen LogP contribution >= 0.6 is 0 Å². The van der Waals surface area contributed by atoms with Crippen molar-refractivity contribution in [2.75, 3.05) is 5.32 Å². The van der Waals surface area contributed by atoms with Crippen LogP contribution in [0, 0.1) is 18.3 Å². The number of anilines is 1. The van der Waals surface area contributed by atoms with Gasteiger partial charge in [-0.1, -0.05) is 0 Å². The van der Waals surface area contributed by atoms with Crippen molar-refractivity contribution in [1.29, 1.82) is 5.26 Å². The summed E-state index contributed by atoms with van der Waals surface area (Å²) >= 11 is 0. The fraction of sp³-hybridized carbons (Fsp3) is 0.400. The maximum atomic E-state index is 8.62. The fourth-order valence-corrected chi connectivity index (χ4v) is 1.06. The molecule has 0 amide bonds. The molecule has 0 spiro atoms. The number of aryl methyl sites for hydroxylation is 1. The van der Waals surface area contributed by atoms with Gasteiger partial charge in [-0.3, -0.25) is 0 Å². The SMILES string of the molecule is Cc1cc(C#N)cnc1NC(C)C. The lowest BCUT2D eigenvalue weighted by Gasteiger charge is -2.10. The van der Waals surface area contributed by atoms with Gasteiger partial charge in [0, 0.05) is 12.2 Å². The minimum atomic E-state index is 0.360. The highest BCUT2D eigenvalue weighted by Crippen LogP contribution is 2.12. The van der Waals surface area contributed by atoms with E-state index >= 15 is 0 Å². The van der Waals surface area contributed by atoms with Gasteiger partial charge in [0.2, 0.25) is 0 Å². The maximum Gasteiger partial charge on any atom is 0.129 e. The van der Waals surface area contributed by atoms with Gasteiger partial charge in [-0.15, -0.1) is 0 Å². The summed E-state index contributed by atoms with van der Waals surface area (Å²) in [4.78, 5) is 4.16. The van der Waals surface area contributed by atoms with E-state index in [1.807, 2.05) is 13.0 Å². The van der Waals surface area contributed by atoms with E-state index in [9.17, 15) is 0 Å². The standard InChI is InChI=1S/C10H13N3/c1-7(2)13-10-8(3)4-9(5-11)6-12-10/h4,6-7H,1-3H3,(H,12,13). The molecule has 0 aliphatic carbocycles. The minimum Gasteiger partial charge on any atom is -0.368 e. The van der Waals surface area contributed by atoms with Crippen LogP contribution < -0.4 is 5.32 Å².